The molecule has 1 unspecified atom stereocenters. The molecule has 2 amide bonds. The van der Waals surface area contributed by atoms with Gasteiger partial charge in [0.15, 0.2) is 22.5 Å². The summed E-state index contributed by atoms with van der Waals surface area (Å²) in [5.74, 6) is 1.54. The maximum absolute atomic E-state index is 13.5. The van der Waals surface area contributed by atoms with Crippen LogP contribution in [-0.2, 0) is 9.59 Å². The first-order valence-electron chi connectivity index (χ1n) is 11.4. The topological polar surface area (TPSA) is 98.6 Å². The van der Waals surface area contributed by atoms with Gasteiger partial charge in [-0.05, 0) is 49.4 Å². The maximum atomic E-state index is 13.5. The molecule has 180 valence electrons. The zero-order chi connectivity index (χ0) is 24.6. The Morgan fingerprint density at radius 2 is 1.78 bits per heavy atom. The average molecular weight is 500 g/mol. The Bertz CT molecular complexity index is 1470. The van der Waals surface area contributed by atoms with Crippen LogP contribution >= 0.6 is 11.8 Å². The molecule has 0 spiro atoms. The van der Waals surface area contributed by atoms with E-state index in [1.165, 1.54) is 16.7 Å². The largest absolute Gasteiger partial charge is 0.454 e. The number of fused-ring (bicyclic) bond motifs is 2. The second-order valence-corrected chi connectivity index (χ2v) is 9.60. The lowest BCUT2D eigenvalue weighted by Crippen LogP contribution is -2.45. The van der Waals surface area contributed by atoms with Gasteiger partial charge in [0, 0.05) is 11.3 Å². The maximum Gasteiger partial charge on any atom is 0.244 e. The van der Waals surface area contributed by atoms with Gasteiger partial charge in [-0.3, -0.25) is 19.1 Å². The quantitative estimate of drug-likeness (QED) is 0.412. The lowest BCUT2D eigenvalue weighted by Gasteiger charge is -2.30. The number of para-hydroxylation sites is 3. The Kier molecular flexibility index (Phi) is 5.57. The van der Waals surface area contributed by atoms with Crippen LogP contribution in [0.15, 0.2) is 78.0 Å². The van der Waals surface area contributed by atoms with Crippen LogP contribution in [0.2, 0.25) is 0 Å². The standard InChI is InChI=1S/C26H21N5O4S/c1-16(25(33)30-14-23(32)27-19-9-5-6-10-20(19)30)36-26-29-28-24(31(26)18-7-3-2-4-8-18)17-11-12-21-22(13-17)35-15-34-21/h2-13,16H,14-15H2,1H3,(H,27,32). The molecule has 6 rings (SSSR count). The molecule has 9 nitrogen and oxygen atoms in total. The smallest absolute Gasteiger partial charge is 0.244 e. The number of anilines is 2. The van der Waals surface area contributed by atoms with Crippen LogP contribution in [-0.4, -0.2) is 45.2 Å². The van der Waals surface area contributed by atoms with E-state index in [0.717, 1.165) is 11.3 Å². The number of hydrogen-bond donors (Lipinski definition) is 1. The second-order valence-electron chi connectivity index (χ2n) is 8.29. The molecule has 4 aromatic rings. The number of hydrogen-bond acceptors (Lipinski definition) is 7. The summed E-state index contributed by atoms with van der Waals surface area (Å²) in [6, 6.07) is 22.6. The molecule has 0 bridgehead atoms. The first-order valence-corrected chi connectivity index (χ1v) is 12.2. The number of benzene rings is 3. The van der Waals surface area contributed by atoms with Crippen molar-refractivity contribution in [2.45, 2.75) is 17.3 Å². The number of carbonyl (C=O) groups excluding carboxylic acids is 2. The van der Waals surface area contributed by atoms with Gasteiger partial charge in [-0.15, -0.1) is 10.2 Å². The summed E-state index contributed by atoms with van der Waals surface area (Å²) < 4.78 is 12.9. The number of thioether (sulfide) groups is 1. The summed E-state index contributed by atoms with van der Waals surface area (Å²) in [6.07, 6.45) is 0. The molecule has 0 radical (unpaired) electrons. The van der Waals surface area contributed by atoms with Crippen molar-refractivity contribution in [3.8, 4) is 28.6 Å². The molecule has 2 aliphatic rings. The Labute approximate surface area is 211 Å². The minimum absolute atomic E-state index is 0.0332. The summed E-state index contributed by atoms with van der Waals surface area (Å²) in [6.45, 7) is 1.96. The van der Waals surface area contributed by atoms with Crippen molar-refractivity contribution in [2.75, 3.05) is 23.6 Å². The van der Waals surface area contributed by atoms with E-state index in [9.17, 15) is 9.59 Å². The molecule has 10 heteroatoms. The number of aromatic nitrogens is 3. The SMILES string of the molecule is CC(Sc1nnc(-c2ccc3c(c2)OCO3)n1-c1ccccc1)C(=O)N1CC(=O)Nc2ccccc21. The predicted octanol–water partition coefficient (Wildman–Crippen LogP) is 4.13. The zero-order valence-electron chi connectivity index (χ0n) is 19.2. The van der Waals surface area contributed by atoms with E-state index in [4.69, 9.17) is 9.47 Å². The number of ether oxygens (including phenoxy) is 2. The van der Waals surface area contributed by atoms with Crippen molar-refractivity contribution < 1.29 is 19.1 Å². The van der Waals surface area contributed by atoms with E-state index < -0.39 is 5.25 Å². The summed E-state index contributed by atoms with van der Waals surface area (Å²) >= 11 is 1.29. The highest BCUT2D eigenvalue weighted by Gasteiger charge is 2.31. The molecule has 2 aliphatic heterocycles. The van der Waals surface area contributed by atoms with Crippen molar-refractivity contribution in [2.24, 2.45) is 0 Å². The van der Waals surface area contributed by atoms with Crippen LogP contribution < -0.4 is 19.7 Å². The molecular formula is C26H21N5O4S. The van der Waals surface area contributed by atoms with Crippen LogP contribution in [0.3, 0.4) is 0 Å². The molecule has 1 N–H and O–H groups in total. The molecule has 0 fully saturated rings. The third kappa shape index (κ3) is 3.95. The molecule has 1 atom stereocenters. The third-order valence-electron chi connectivity index (χ3n) is 5.95. The van der Waals surface area contributed by atoms with Crippen molar-refractivity contribution in [3.63, 3.8) is 0 Å². The molecular weight excluding hydrogens is 478 g/mol. The van der Waals surface area contributed by atoms with Crippen LogP contribution in [0.5, 0.6) is 11.5 Å². The van der Waals surface area contributed by atoms with Gasteiger partial charge in [-0.25, -0.2) is 0 Å². The van der Waals surface area contributed by atoms with E-state index in [2.05, 4.69) is 15.5 Å². The van der Waals surface area contributed by atoms with E-state index >= 15 is 0 Å². The summed E-state index contributed by atoms with van der Waals surface area (Å²) in [5.41, 5.74) is 2.97. The Hall–Kier alpha value is -4.31. The van der Waals surface area contributed by atoms with Crippen LogP contribution in [0, 0.1) is 0 Å². The fourth-order valence-electron chi connectivity index (χ4n) is 4.24. The van der Waals surface area contributed by atoms with E-state index in [1.807, 2.05) is 78.2 Å². The van der Waals surface area contributed by atoms with Crippen LogP contribution in [0.1, 0.15) is 6.92 Å². The highest BCUT2D eigenvalue weighted by Crippen LogP contribution is 2.38. The molecule has 0 aliphatic carbocycles. The fourth-order valence-corrected chi connectivity index (χ4v) is 5.17. The van der Waals surface area contributed by atoms with Gasteiger partial charge in [0.1, 0.15) is 6.54 Å². The lowest BCUT2D eigenvalue weighted by atomic mass is 10.2. The normalized spacial score (nSPS) is 14.8. The van der Waals surface area contributed by atoms with E-state index in [-0.39, 0.29) is 25.2 Å². The zero-order valence-corrected chi connectivity index (χ0v) is 20.1. The van der Waals surface area contributed by atoms with Gasteiger partial charge in [0.05, 0.1) is 16.6 Å². The molecule has 0 saturated heterocycles. The second kappa shape index (κ2) is 9.04. The van der Waals surface area contributed by atoms with Gasteiger partial charge >= 0.3 is 0 Å². The Morgan fingerprint density at radius 3 is 2.64 bits per heavy atom. The number of nitrogens with zero attached hydrogens (tertiary/aromatic N) is 4. The van der Waals surface area contributed by atoms with Crippen molar-refractivity contribution in [1.82, 2.24) is 14.8 Å². The highest BCUT2D eigenvalue weighted by molar-refractivity contribution is 8.00. The van der Waals surface area contributed by atoms with E-state index in [1.54, 1.807) is 6.07 Å². The summed E-state index contributed by atoms with van der Waals surface area (Å²) in [4.78, 5) is 27.3. The minimum atomic E-state index is -0.528. The number of carbonyl (C=O) groups is 2. The molecule has 1 aromatic heterocycles. The van der Waals surface area contributed by atoms with Crippen molar-refractivity contribution in [1.29, 1.82) is 0 Å². The fraction of sp³-hybridized carbons (Fsp3) is 0.154. The first-order chi connectivity index (χ1) is 17.6. The molecule has 3 heterocycles. The molecule has 0 saturated carbocycles. The van der Waals surface area contributed by atoms with Gasteiger partial charge in [-0.1, -0.05) is 42.1 Å². The van der Waals surface area contributed by atoms with Crippen LogP contribution in [0.4, 0.5) is 11.4 Å². The molecule has 3 aromatic carbocycles. The Morgan fingerprint density at radius 1 is 1.00 bits per heavy atom. The van der Waals surface area contributed by atoms with Gasteiger partial charge in [0.2, 0.25) is 18.6 Å². The summed E-state index contributed by atoms with van der Waals surface area (Å²) in [5, 5.41) is 11.8. The minimum Gasteiger partial charge on any atom is -0.454 e. The van der Waals surface area contributed by atoms with Crippen molar-refractivity contribution >= 4 is 35.0 Å². The van der Waals surface area contributed by atoms with Gasteiger partial charge in [-0.2, -0.15) is 0 Å². The lowest BCUT2D eigenvalue weighted by molar-refractivity contribution is -0.121. The van der Waals surface area contributed by atoms with Crippen molar-refractivity contribution in [3.05, 3.63) is 72.8 Å². The van der Waals surface area contributed by atoms with Gasteiger partial charge in [0.25, 0.3) is 0 Å². The van der Waals surface area contributed by atoms with Crippen LogP contribution in [0.25, 0.3) is 17.1 Å². The molecule has 36 heavy (non-hydrogen) atoms. The average Bonchev–Trinajstić information content (AvgIpc) is 3.54. The number of nitrogens with one attached hydrogen (secondary N) is 1. The number of rotatable bonds is 5. The van der Waals surface area contributed by atoms with E-state index in [0.29, 0.717) is 33.9 Å². The predicted molar refractivity (Wildman–Crippen MR) is 136 cm³/mol. The number of amides is 2. The Balaban J connectivity index is 1.34. The first kappa shape index (κ1) is 22.2. The monoisotopic (exact) mass is 499 g/mol. The highest BCUT2D eigenvalue weighted by atomic mass is 32.2. The third-order valence-corrected chi connectivity index (χ3v) is 6.98. The van der Waals surface area contributed by atoms with Gasteiger partial charge < -0.3 is 14.8 Å². The summed E-state index contributed by atoms with van der Waals surface area (Å²) in [7, 11) is 0.